The first-order chi connectivity index (χ1) is 9.90. The molecule has 1 aromatic carbocycles. The fourth-order valence-corrected chi connectivity index (χ4v) is 2.52. The summed E-state index contributed by atoms with van der Waals surface area (Å²) in [5, 5.41) is 3.19. The molecule has 3 nitrogen and oxygen atoms in total. The predicted octanol–water partition coefficient (Wildman–Crippen LogP) is 2.46. The molecule has 1 saturated heterocycles. The van der Waals surface area contributed by atoms with Crippen molar-refractivity contribution in [1.82, 2.24) is 10.2 Å². The molecule has 1 aliphatic heterocycles. The number of carbonyl (C=O) groups is 1. The Bertz CT molecular complexity index is 477. The first-order valence-electron chi connectivity index (χ1n) is 7.01. The number of hydrogen-bond donors (Lipinski definition) is 1. The number of halogens is 3. The zero-order chi connectivity index (χ0) is 15.5. The van der Waals surface area contributed by atoms with Crippen LogP contribution in [0, 0.1) is 0 Å². The fraction of sp³-hybridized carbons (Fsp3) is 0.533. The molecule has 0 atom stereocenters. The topological polar surface area (TPSA) is 32.3 Å². The lowest BCUT2D eigenvalue weighted by atomic mass is 10.0. The minimum absolute atomic E-state index is 0.0238. The highest BCUT2D eigenvalue weighted by Gasteiger charge is 2.30. The third-order valence-corrected chi connectivity index (χ3v) is 3.89. The lowest BCUT2D eigenvalue weighted by Crippen LogP contribution is -2.44. The molecule has 1 N–H and O–H groups in total. The molecule has 0 aliphatic carbocycles. The van der Waals surface area contributed by atoms with Crippen molar-refractivity contribution in [2.45, 2.75) is 31.5 Å². The van der Waals surface area contributed by atoms with E-state index < -0.39 is 11.7 Å². The Morgan fingerprint density at radius 1 is 1.24 bits per heavy atom. The van der Waals surface area contributed by atoms with Crippen LogP contribution in [0.5, 0.6) is 0 Å². The molecule has 0 radical (unpaired) electrons. The largest absolute Gasteiger partial charge is 0.416 e. The van der Waals surface area contributed by atoms with Crippen molar-refractivity contribution in [3.8, 4) is 0 Å². The average molecular weight is 300 g/mol. The van der Waals surface area contributed by atoms with Crippen LogP contribution in [0.1, 0.15) is 24.0 Å². The summed E-state index contributed by atoms with van der Waals surface area (Å²) in [6.07, 6.45) is -2.36. The normalized spacial score (nSPS) is 17.0. The van der Waals surface area contributed by atoms with Gasteiger partial charge < -0.3 is 10.2 Å². The Balaban J connectivity index is 1.91. The van der Waals surface area contributed by atoms with Gasteiger partial charge in [-0.1, -0.05) is 12.1 Å². The van der Waals surface area contributed by atoms with Crippen LogP contribution in [0.3, 0.4) is 0 Å². The van der Waals surface area contributed by atoms with E-state index in [1.807, 2.05) is 7.05 Å². The third-order valence-electron chi connectivity index (χ3n) is 3.89. The lowest BCUT2D eigenvalue weighted by molar-refractivity contribution is -0.137. The van der Waals surface area contributed by atoms with Gasteiger partial charge in [0.25, 0.3) is 0 Å². The maximum Gasteiger partial charge on any atom is 0.416 e. The van der Waals surface area contributed by atoms with E-state index in [1.165, 1.54) is 12.1 Å². The molecule has 1 aromatic rings. The first-order valence-corrected chi connectivity index (χ1v) is 7.01. The van der Waals surface area contributed by atoms with Gasteiger partial charge in [0.1, 0.15) is 0 Å². The van der Waals surface area contributed by atoms with Gasteiger partial charge in [0.2, 0.25) is 5.91 Å². The molecule has 6 heteroatoms. The second kappa shape index (κ2) is 6.47. The number of nitrogens with one attached hydrogen (secondary N) is 1. The maximum atomic E-state index is 12.5. The number of alkyl halides is 3. The quantitative estimate of drug-likeness (QED) is 0.930. The molecule has 2 rings (SSSR count). The summed E-state index contributed by atoms with van der Waals surface area (Å²) < 4.78 is 37.4. The number of carbonyl (C=O) groups excluding carboxylic acids is 1. The molecule has 116 valence electrons. The summed E-state index contributed by atoms with van der Waals surface area (Å²) in [7, 11) is 1.91. The van der Waals surface area contributed by atoms with Crippen molar-refractivity contribution in [3.05, 3.63) is 35.4 Å². The van der Waals surface area contributed by atoms with E-state index in [4.69, 9.17) is 0 Å². The van der Waals surface area contributed by atoms with Gasteiger partial charge in [-0.3, -0.25) is 4.79 Å². The lowest BCUT2D eigenvalue weighted by Gasteiger charge is -2.31. The Hall–Kier alpha value is -1.56. The minimum Gasteiger partial charge on any atom is -0.342 e. The molecule has 21 heavy (non-hydrogen) atoms. The van der Waals surface area contributed by atoms with Crippen molar-refractivity contribution in [2.75, 3.05) is 20.1 Å². The van der Waals surface area contributed by atoms with Gasteiger partial charge in [0, 0.05) is 19.1 Å². The van der Waals surface area contributed by atoms with Crippen LogP contribution in [0.15, 0.2) is 24.3 Å². The summed E-state index contributed by atoms with van der Waals surface area (Å²) >= 11 is 0. The Kier molecular flexibility index (Phi) is 4.88. The van der Waals surface area contributed by atoms with Gasteiger partial charge in [-0.05, 0) is 37.6 Å². The van der Waals surface area contributed by atoms with Crippen molar-refractivity contribution in [3.63, 3.8) is 0 Å². The van der Waals surface area contributed by atoms with E-state index in [1.54, 1.807) is 4.90 Å². The molecular formula is C15H19F3N2O. The number of piperidine rings is 1. The molecule has 1 fully saturated rings. The van der Waals surface area contributed by atoms with Crippen LogP contribution in [0.25, 0.3) is 0 Å². The van der Waals surface area contributed by atoms with Crippen molar-refractivity contribution in [2.24, 2.45) is 0 Å². The average Bonchev–Trinajstić information content (AvgIpc) is 2.47. The van der Waals surface area contributed by atoms with Crippen molar-refractivity contribution >= 4 is 5.91 Å². The van der Waals surface area contributed by atoms with E-state index in [0.717, 1.165) is 25.0 Å². The van der Waals surface area contributed by atoms with Crippen molar-refractivity contribution in [1.29, 1.82) is 0 Å². The third kappa shape index (κ3) is 4.20. The number of hydrogen-bond acceptors (Lipinski definition) is 2. The number of likely N-dealkylation sites (tertiary alicyclic amines) is 1. The monoisotopic (exact) mass is 300 g/mol. The Morgan fingerprint density at radius 2 is 1.81 bits per heavy atom. The van der Waals surface area contributed by atoms with Gasteiger partial charge in [-0.15, -0.1) is 0 Å². The highest BCUT2D eigenvalue weighted by molar-refractivity contribution is 5.78. The highest BCUT2D eigenvalue weighted by Crippen LogP contribution is 2.29. The van der Waals surface area contributed by atoms with Crippen LogP contribution >= 0.6 is 0 Å². The van der Waals surface area contributed by atoms with Gasteiger partial charge in [-0.2, -0.15) is 13.2 Å². The second-order valence-corrected chi connectivity index (χ2v) is 5.32. The summed E-state index contributed by atoms with van der Waals surface area (Å²) in [5.41, 5.74) is -0.0720. The van der Waals surface area contributed by atoms with Crippen LogP contribution in [0.4, 0.5) is 13.2 Å². The Morgan fingerprint density at radius 3 is 2.29 bits per heavy atom. The minimum atomic E-state index is -4.34. The molecule has 0 spiro atoms. The van der Waals surface area contributed by atoms with E-state index in [9.17, 15) is 18.0 Å². The fourth-order valence-electron chi connectivity index (χ4n) is 2.52. The number of benzene rings is 1. The molecule has 0 saturated carbocycles. The maximum absolute atomic E-state index is 12.5. The molecule has 1 amide bonds. The second-order valence-electron chi connectivity index (χ2n) is 5.32. The zero-order valence-corrected chi connectivity index (χ0v) is 11.9. The van der Waals surface area contributed by atoms with Gasteiger partial charge in [0.15, 0.2) is 0 Å². The first kappa shape index (κ1) is 15.8. The molecule has 1 heterocycles. The SMILES string of the molecule is CNC1CCN(C(=O)Cc2ccc(C(F)(F)F)cc2)CC1. The molecule has 0 unspecified atom stereocenters. The van der Waals surface area contributed by atoms with E-state index >= 15 is 0 Å². The van der Waals surface area contributed by atoms with Gasteiger partial charge in [0.05, 0.1) is 12.0 Å². The molecule has 0 bridgehead atoms. The van der Waals surface area contributed by atoms with Crippen LogP contribution in [-0.2, 0) is 17.4 Å². The number of nitrogens with zero attached hydrogens (tertiary/aromatic N) is 1. The van der Waals surface area contributed by atoms with Crippen LogP contribution in [-0.4, -0.2) is 37.0 Å². The summed E-state index contributed by atoms with van der Waals surface area (Å²) in [6, 6.07) is 5.24. The van der Waals surface area contributed by atoms with Crippen molar-refractivity contribution < 1.29 is 18.0 Å². The van der Waals surface area contributed by atoms with E-state index in [2.05, 4.69) is 5.32 Å². The standard InChI is InChI=1S/C15H19F3N2O/c1-19-13-6-8-20(9-7-13)14(21)10-11-2-4-12(5-3-11)15(16,17)18/h2-5,13,19H,6-10H2,1H3. The zero-order valence-electron chi connectivity index (χ0n) is 11.9. The van der Waals surface area contributed by atoms with E-state index in [0.29, 0.717) is 24.7 Å². The van der Waals surface area contributed by atoms with Crippen LogP contribution in [0.2, 0.25) is 0 Å². The Labute approximate surface area is 122 Å². The van der Waals surface area contributed by atoms with Gasteiger partial charge in [-0.25, -0.2) is 0 Å². The predicted molar refractivity (Wildman–Crippen MR) is 73.8 cm³/mol. The highest BCUT2D eigenvalue weighted by atomic mass is 19.4. The summed E-state index contributed by atoms with van der Waals surface area (Å²) in [6.45, 7) is 1.40. The summed E-state index contributed by atoms with van der Waals surface area (Å²) in [5.74, 6) is -0.0238. The molecular weight excluding hydrogens is 281 g/mol. The van der Waals surface area contributed by atoms with Gasteiger partial charge >= 0.3 is 6.18 Å². The smallest absolute Gasteiger partial charge is 0.342 e. The molecule has 1 aliphatic rings. The molecule has 0 aromatic heterocycles. The summed E-state index contributed by atoms with van der Waals surface area (Å²) in [4.78, 5) is 13.9. The van der Waals surface area contributed by atoms with Crippen LogP contribution < -0.4 is 5.32 Å². The number of rotatable bonds is 3. The van der Waals surface area contributed by atoms with E-state index in [-0.39, 0.29) is 12.3 Å². The number of amides is 1.